The van der Waals surface area contributed by atoms with E-state index in [4.69, 9.17) is 10.8 Å². The van der Waals surface area contributed by atoms with Crippen LogP contribution in [0, 0.1) is 5.41 Å². The highest BCUT2D eigenvalue weighted by atomic mass is 16.3. The van der Waals surface area contributed by atoms with Gasteiger partial charge >= 0.3 is 0 Å². The van der Waals surface area contributed by atoms with Gasteiger partial charge in [-0.25, -0.2) is 0 Å². The number of amides is 1. The fourth-order valence-electron chi connectivity index (χ4n) is 4.56. The molecule has 0 spiro atoms. The highest BCUT2D eigenvalue weighted by Gasteiger charge is 2.25. The molecule has 1 aromatic rings. The second-order valence-corrected chi connectivity index (χ2v) is 9.50. The number of β-amino-alcohol motifs (C(OH)–C–C–N with tert-alkyl or cyclic N) is 1. The van der Waals surface area contributed by atoms with E-state index in [1.807, 2.05) is 6.07 Å². The number of piperazine rings is 1. The zero-order chi connectivity index (χ0) is 21.0. The van der Waals surface area contributed by atoms with Crippen LogP contribution in [0.3, 0.4) is 0 Å². The molecule has 3 N–H and O–H groups in total. The molecule has 3 rings (SSSR count). The Balaban J connectivity index is 1.72. The average Bonchev–Trinajstić information content (AvgIpc) is 2.68. The van der Waals surface area contributed by atoms with E-state index in [0.29, 0.717) is 17.0 Å². The number of primary amides is 1. The van der Waals surface area contributed by atoms with Crippen LogP contribution < -0.4 is 5.73 Å². The largest absolute Gasteiger partial charge is 0.395 e. The van der Waals surface area contributed by atoms with Crippen molar-refractivity contribution in [3.8, 4) is 0 Å². The van der Waals surface area contributed by atoms with Gasteiger partial charge < -0.3 is 10.8 Å². The van der Waals surface area contributed by atoms with Gasteiger partial charge in [0.25, 0.3) is 0 Å². The number of carbonyl (C=O) groups excluding carboxylic acids is 1. The van der Waals surface area contributed by atoms with Crippen LogP contribution in [-0.2, 0) is 6.42 Å². The third-order valence-electron chi connectivity index (χ3n) is 6.65. The first-order valence-corrected chi connectivity index (χ1v) is 11.0. The van der Waals surface area contributed by atoms with E-state index >= 15 is 0 Å². The van der Waals surface area contributed by atoms with Crippen molar-refractivity contribution in [2.45, 2.75) is 52.5 Å². The minimum absolute atomic E-state index is 0.234. The number of hydrogen-bond donors (Lipinski definition) is 2. The van der Waals surface area contributed by atoms with Gasteiger partial charge in [-0.15, -0.1) is 0 Å². The number of aliphatic hydroxyl groups excluding tert-OH is 1. The lowest BCUT2D eigenvalue weighted by atomic mass is 9.76. The van der Waals surface area contributed by atoms with Crippen LogP contribution in [0.2, 0.25) is 0 Å². The van der Waals surface area contributed by atoms with E-state index in [1.54, 1.807) is 0 Å². The molecule has 0 saturated carbocycles. The van der Waals surface area contributed by atoms with Gasteiger partial charge in [0.15, 0.2) is 0 Å². The maximum absolute atomic E-state index is 12.0. The summed E-state index contributed by atoms with van der Waals surface area (Å²) in [5, 5.41) is 9.12. The molecule has 1 fully saturated rings. The molecule has 5 nitrogen and oxygen atoms in total. The topological polar surface area (TPSA) is 69.8 Å². The molecule has 1 heterocycles. The Morgan fingerprint density at radius 3 is 2.55 bits per heavy atom. The van der Waals surface area contributed by atoms with Gasteiger partial charge in [-0.05, 0) is 60.8 Å². The summed E-state index contributed by atoms with van der Waals surface area (Å²) in [5.74, 6) is -0.342. The van der Waals surface area contributed by atoms with Crippen LogP contribution in [0.25, 0.3) is 5.57 Å². The Hall–Kier alpha value is -1.69. The van der Waals surface area contributed by atoms with Gasteiger partial charge in [0.1, 0.15) is 0 Å². The Kier molecular flexibility index (Phi) is 7.14. The van der Waals surface area contributed by atoms with Crippen LogP contribution in [0.5, 0.6) is 0 Å². The third-order valence-corrected chi connectivity index (χ3v) is 6.65. The number of hydrogen-bond acceptors (Lipinski definition) is 4. The van der Waals surface area contributed by atoms with Crippen molar-refractivity contribution >= 4 is 11.5 Å². The Morgan fingerprint density at radius 1 is 1.24 bits per heavy atom. The number of nitrogens with two attached hydrogens (primary N) is 1. The summed E-state index contributed by atoms with van der Waals surface area (Å²) in [6, 6.07) is 6.62. The van der Waals surface area contributed by atoms with Gasteiger partial charge in [-0.1, -0.05) is 32.1 Å². The molecule has 0 bridgehead atoms. The first-order chi connectivity index (χ1) is 13.8. The lowest BCUT2D eigenvalue weighted by molar-refractivity contribution is 0.0888. The van der Waals surface area contributed by atoms with Crippen molar-refractivity contribution in [2.75, 3.05) is 39.3 Å². The van der Waals surface area contributed by atoms with Crippen LogP contribution in [0.1, 0.15) is 61.5 Å². The van der Waals surface area contributed by atoms with E-state index in [-0.39, 0.29) is 12.5 Å². The average molecular weight is 400 g/mol. The van der Waals surface area contributed by atoms with E-state index in [1.165, 1.54) is 11.1 Å². The first-order valence-electron chi connectivity index (χ1n) is 11.0. The van der Waals surface area contributed by atoms with Gasteiger partial charge in [0, 0.05) is 44.3 Å². The summed E-state index contributed by atoms with van der Waals surface area (Å²) in [6.07, 6.45) is 6.44. The van der Waals surface area contributed by atoms with Crippen molar-refractivity contribution in [1.29, 1.82) is 0 Å². The van der Waals surface area contributed by atoms with Crippen molar-refractivity contribution in [1.82, 2.24) is 9.80 Å². The number of aliphatic hydroxyl groups is 1. The van der Waals surface area contributed by atoms with E-state index < -0.39 is 0 Å². The highest BCUT2D eigenvalue weighted by Crippen LogP contribution is 2.39. The van der Waals surface area contributed by atoms with Crippen molar-refractivity contribution in [3.63, 3.8) is 0 Å². The predicted octanol–water partition coefficient (Wildman–Crippen LogP) is 2.92. The molecule has 29 heavy (non-hydrogen) atoms. The molecular formula is C24H37N3O2. The maximum Gasteiger partial charge on any atom is 0.249 e. The number of carbonyl (C=O) groups is 1. The fourth-order valence-corrected chi connectivity index (χ4v) is 4.56. The highest BCUT2D eigenvalue weighted by molar-refractivity contribution is 5.98. The number of rotatable bonds is 7. The third kappa shape index (κ3) is 5.68. The van der Waals surface area contributed by atoms with Crippen molar-refractivity contribution < 1.29 is 9.90 Å². The van der Waals surface area contributed by atoms with Gasteiger partial charge in [0.05, 0.1) is 6.61 Å². The lowest BCUT2D eigenvalue weighted by Crippen LogP contribution is -2.50. The molecule has 1 aromatic carbocycles. The molecule has 0 aromatic heterocycles. The molecule has 0 radical (unpaired) electrons. The summed E-state index contributed by atoms with van der Waals surface area (Å²) in [5.41, 5.74) is 10.2. The standard InChI is InChI=1S/C24H37N3O2/c1-18(27-12-10-26(11-13-27)14-15-28)16-19-4-5-21(23(25)29)22(17-19)20-6-8-24(2,3)9-7-20/h4-6,17-18,28H,7-16H2,1-3H3,(H2,25,29). The number of benzene rings is 1. The normalized spacial score (nSPS) is 21.6. The molecule has 1 aliphatic heterocycles. The Labute approximate surface area is 175 Å². The van der Waals surface area contributed by atoms with E-state index in [0.717, 1.165) is 64.0 Å². The molecular weight excluding hydrogens is 362 g/mol. The van der Waals surface area contributed by atoms with Gasteiger partial charge in [-0.2, -0.15) is 0 Å². The molecule has 1 atom stereocenters. The van der Waals surface area contributed by atoms with Crippen molar-refractivity contribution in [2.24, 2.45) is 11.1 Å². The molecule has 160 valence electrons. The van der Waals surface area contributed by atoms with E-state index in [9.17, 15) is 4.79 Å². The molecule has 1 saturated heterocycles. The summed E-state index contributed by atoms with van der Waals surface area (Å²) in [4.78, 5) is 16.9. The zero-order valence-corrected chi connectivity index (χ0v) is 18.3. The smallest absolute Gasteiger partial charge is 0.249 e. The van der Waals surface area contributed by atoms with Crippen LogP contribution >= 0.6 is 0 Å². The maximum atomic E-state index is 12.0. The van der Waals surface area contributed by atoms with Crippen molar-refractivity contribution in [3.05, 3.63) is 41.0 Å². The minimum Gasteiger partial charge on any atom is -0.395 e. The fraction of sp³-hybridized carbons (Fsp3) is 0.625. The van der Waals surface area contributed by atoms with Crippen LogP contribution in [0.4, 0.5) is 0 Å². The van der Waals surface area contributed by atoms with Gasteiger partial charge in [0.2, 0.25) is 5.91 Å². The molecule has 1 unspecified atom stereocenters. The number of nitrogens with zero attached hydrogens (tertiary/aromatic N) is 2. The second-order valence-electron chi connectivity index (χ2n) is 9.50. The summed E-state index contributed by atoms with van der Waals surface area (Å²) in [6.45, 7) is 12.0. The monoisotopic (exact) mass is 399 g/mol. The second kappa shape index (κ2) is 9.41. The number of allylic oxidation sites excluding steroid dienone is 2. The van der Waals surface area contributed by atoms with Crippen LogP contribution in [-0.4, -0.2) is 66.2 Å². The predicted molar refractivity (Wildman–Crippen MR) is 119 cm³/mol. The first kappa shape index (κ1) is 22.0. The Morgan fingerprint density at radius 2 is 1.97 bits per heavy atom. The summed E-state index contributed by atoms with van der Waals surface area (Å²) >= 11 is 0. The quantitative estimate of drug-likeness (QED) is 0.740. The minimum atomic E-state index is -0.342. The lowest BCUT2D eigenvalue weighted by Gasteiger charge is -2.38. The summed E-state index contributed by atoms with van der Waals surface area (Å²) < 4.78 is 0. The molecule has 5 heteroatoms. The molecule has 1 amide bonds. The van der Waals surface area contributed by atoms with Gasteiger partial charge in [-0.3, -0.25) is 14.6 Å². The SMILES string of the molecule is CC(Cc1ccc(C(N)=O)c(C2=CCC(C)(C)CC2)c1)N1CCN(CCO)CC1. The van der Waals surface area contributed by atoms with E-state index in [2.05, 4.69) is 48.8 Å². The zero-order valence-electron chi connectivity index (χ0n) is 18.3. The summed E-state index contributed by atoms with van der Waals surface area (Å²) in [7, 11) is 0. The molecule has 1 aliphatic carbocycles. The Bertz CT molecular complexity index is 748. The van der Waals surface area contributed by atoms with Crippen LogP contribution in [0.15, 0.2) is 24.3 Å². The molecule has 2 aliphatic rings.